The standard InChI is InChI=1S/C32H39Cl2N3O5.C18H20Cl2N2O2.C15H23NO6S.CH2O3.2Na.H/c1-32(39,24-7-10-26(35-19-24)21-42-31-4-2-3-16-41-31)22-36-13-14-37(30(20-36)23-5-8-25(33)9-6-23)29-12-11-27(18-28(29)34)40-17-15-38;19-14-3-1-13(2-4-14)18-12-21-7-8-22(18)17-6-5-15(11-16(17)20)24-10-9-23;1-15(17,11-22-23(2,18)19)12-6-7-13(16-9-12)10-21-14-5-3-4-8-20-14;2-1-4-3;;;/h5-12,18-19,30-31,38-39H,2-4,13-17,20-22H2,1H3;1-6,11,18,21,23H,7-10,12H2;6-7,9,14,17H,3-5,8,10-11H2,1-2H3;1,3H;;;/q;;;;2*+1;-1/p-1/t30-,31?,32+;18-;14?,15-;;;;/m001..../s1. The molecule has 6 heterocycles. The van der Waals surface area contributed by atoms with E-state index in [2.05, 4.69) is 51.2 Å². The molecule has 4 aromatic carbocycles. The van der Waals surface area contributed by atoms with Crippen LogP contribution >= 0.6 is 46.4 Å². The molecule has 2 aromatic heterocycles. The zero-order valence-corrected chi connectivity index (χ0v) is 62.2. The number of aliphatic hydroxyl groups excluding tert-OH is 2. The second kappa shape index (κ2) is 41.9. The number of hydrogen-bond acceptors (Lipinski definition) is 22. The van der Waals surface area contributed by atoms with E-state index in [9.17, 15) is 18.6 Å². The van der Waals surface area contributed by atoms with E-state index in [0.29, 0.717) is 70.7 Å². The molecule has 4 fully saturated rings. The minimum atomic E-state index is -3.61. The first-order valence-corrected chi connectivity index (χ1v) is 33.9. The number of aromatic nitrogens is 2. The van der Waals surface area contributed by atoms with Gasteiger partial charge < -0.3 is 75.5 Å². The molecule has 4 aliphatic heterocycles. The monoisotopic (exact) mass is 1430 g/mol. The molecule has 0 aliphatic carbocycles. The SMILES string of the molecule is C[C@@](O)(CN1CCN(c2ccc(OCCO)cc2Cl)[C@H](c2ccc(Cl)cc2)C1)c1ccc(COC2CCCCO2)nc1.C[C@@](O)(COS(C)(=O)=O)c1ccc(COC2CCCCO2)nc1.O=CO[O-].OCCOc1ccc(N2CCNC[C@H]2c2ccc(Cl)cc2)c(Cl)c1.[H-].[Na+].[Na+]. The number of hydrogen-bond donors (Lipinski definition) is 5. The summed E-state index contributed by atoms with van der Waals surface area (Å²) >= 11 is 25.5. The Balaban J connectivity index is 0.000000312. The van der Waals surface area contributed by atoms with Crippen molar-refractivity contribution in [2.24, 2.45) is 0 Å². The fraction of sp³-hybridized carbons (Fsp3) is 0.470. The number of benzene rings is 4. The number of aliphatic hydroxyl groups is 4. The molecular formula is C66H84Cl4N6Na2O16S. The Labute approximate surface area is 622 Å². The quantitative estimate of drug-likeness (QED) is 0.0192. The summed E-state index contributed by atoms with van der Waals surface area (Å²) in [6.45, 7) is 10.5. The van der Waals surface area contributed by atoms with Crippen molar-refractivity contribution in [2.75, 3.05) is 108 Å². The van der Waals surface area contributed by atoms with Gasteiger partial charge in [0.05, 0.1) is 84.2 Å². The van der Waals surface area contributed by atoms with Crippen LogP contribution in [0.5, 0.6) is 11.5 Å². The van der Waals surface area contributed by atoms with Crippen LogP contribution in [-0.2, 0) is 67.3 Å². The van der Waals surface area contributed by atoms with Crippen LogP contribution in [0.4, 0.5) is 11.4 Å². The van der Waals surface area contributed by atoms with Crippen LogP contribution in [-0.4, -0.2) is 161 Å². The maximum Gasteiger partial charge on any atom is 1.00 e. The predicted octanol–water partition coefficient (Wildman–Crippen LogP) is 2.95. The molecule has 6 atom stereocenters. The Bertz CT molecular complexity index is 3320. The average molecular weight is 1440 g/mol. The molecule has 0 saturated carbocycles. The Morgan fingerprint density at radius 1 is 0.674 bits per heavy atom. The third kappa shape index (κ3) is 27.2. The van der Waals surface area contributed by atoms with Crippen molar-refractivity contribution in [3.8, 4) is 11.5 Å². The zero-order chi connectivity index (χ0) is 66.8. The number of nitrogens with one attached hydrogen (secondary N) is 1. The molecule has 29 heteroatoms. The molecule has 5 N–H and O–H groups in total. The van der Waals surface area contributed by atoms with Crippen LogP contribution < -0.4 is 89.0 Å². The summed E-state index contributed by atoms with van der Waals surface area (Å²) in [6.07, 6.45) is 9.99. The normalized spacial score (nSPS) is 19.4. The average Bonchev–Trinajstić information content (AvgIpc) is 0.801. The molecule has 2 unspecified atom stereocenters. The summed E-state index contributed by atoms with van der Waals surface area (Å²) in [5, 5.41) is 54.3. The topological polar surface area (TPSA) is 277 Å². The number of halogens is 4. The molecule has 22 nitrogen and oxygen atoms in total. The van der Waals surface area contributed by atoms with Crippen molar-refractivity contribution < 1.29 is 137 Å². The van der Waals surface area contributed by atoms with Gasteiger partial charge >= 0.3 is 59.1 Å². The molecule has 0 bridgehead atoms. The summed E-state index contributed by atoms with van der Waals surface area (Å²) in [5.74, 6) is 1.28. The zero-order valence-electron chi connectivity index (χ0n) is 55.3. The molecule has 0 spiro atoms. The van der Waals surface area contributed by atoms with Crippen LogP contribution in [0.15, 0.2) is 122 Å². The fourth-order valence-electron chi connectivity index (χ4n) is 10.7. The van der Waals surface area contributed by atoms with Crippen molar-refractivity contribution in [3.05, 3.63) is 175 Å². The minimum Gasteiger partial charge on any atom is -1.00 e. The molecule has 4 saturated heterocycles. The Morgan fingerprint density at radius 3 is 1.57 bits per heavy atom. The molecule has 6 aromatic rings. The largest absolute Gasteiger partial charge is 1.00 e. The molecule has 0 amide bonds. The second-order valence-corrected chi connectivity index (χ2v) is 26.2. The van der Waals surface area contributed by atoms with Crippen LogP contribution in [0.1, 0.15) is 99.5 Å². The number of anilines is 2. The molecule has 10 rings (SSSR count). The molecule has 0 radical (unpaired) electrons. The van der Waals surface area contributed by atoms with Gasteiger partial charge in [-0.05, 0) is 124 Å². The van der Waals surface area contributed by atoms with E-state index < -0.39 is 21.3 Å². The maximum absolute atomic E-state index is 11.6. The first-order valence-electron chi connectivity index (χ1n) is 30.6. The van der Waals surface area contributed by atoms with Crippen LogP contribution in [0.25, 0.3) is 0 Å². The summed E-state index contributed by atoms with van der Waals surface area (Å²) in [7, 11) is -3.61. The van der Waals surface area contributed by atoms with Crippen LogP contribution in [0.2, 0.25) is 20.1 Å². The number of β-amino-alcohol motifs (C(OH)–C–C–N with tert-alkyl or cyclic N) is 1. The van der Waals surface area contributed by atoms with Crippen molar-refractivity contribution in [1.82, 2.24) is 20.2 Å². The van der Waals surface area contributed by atoms with E-state index in [1.165, 1.54) is 18.7 Å². The third-order valence-electron chi connectivity index (χ3n) is 15.5. The summed E-state index contributed by atoms with van der Waals surface area (Å²) in [6, 6.07) is 34.5. The van der Waals surface area contributed by atoms with Gasteiger partial charge in [-0.2, -0.15) is 8.42 Å². The number of nitrogens with zero attached hydrogens (tertiary/aromatic N) is 5. The van der Waals surface area contributed by atoms with Crippen LogP contribution in [0.3, 0.4) is 0 Å². The van der Waals surface area contributed by atoms with E-state index >= 15 is 0 Å². The minimum absolute atomic E-state index is 0. The van der Waals surface area contributed by atoms with Crippen molar-refractivity contribution in [2.45, 2.75) is 101 Å². The van der Waals surface area contributed by atoms with E-state index in [0.717, 1.165) is 117 Å². The molecule has 4 aliphatic rings. The summed E-state index contributed by atoms with van der Waals surface area (Å²) in [4.78, 5) is 26.9. The van der Waals surface area contributed by atoms with E-state index in [4.69, 9.17) is 95.1 Å². The van der Waals surface area contributed by atoms with Gasteiger partial charge in [0, 0.05) is 105 Å². The summed E-state index contributed by atoms with van der Waals surface area (Å²) in [5.41, 5.74) is 4.39. The van der Waals surface area contributed by atoms with Gasteiger partial charge in [-0.25, -0.2) is 0 Å². The fourth-order valence-corrected chi connectivity index (χ4v) is 11.9. The van der Waals surface area contributed by atoms with Gasteiger partial charge in [-0.15, -0.1) is 0 Å². The number of ether oxygens (including phenoxy) is 6. The predicted molar refractivity (Wildman–Crippen MR) is 354 cm³/mol. The van der Waals surface area contributed by atoms with Crippen molar-refractivity contribution >= 4 is 74.4 Å². The Kier molecular flexibility index (Phi) is 36.2. The van der Waals surface area contributed by atoms with Crippen molar-refractivity contribution in [1.29, 1.82) is 0 Å². The Morgan fingerprint density at radius 2 is 1.15 bits per heavy atom. The van der Waals surface area contributed by atoms with E-state index in [1.54, 1.807) is 30.5 Å². The smallest absolute Gasteiger partial charge is 1.00 e. The van der Waals surface area contributed by atoms with E-state index in [1.807, 2.05) is 79.7 Å². The Hall–Kier alpha value is -3.52. The molecule has 95 heavy (non-hydrogen) atoms. The van der Waals surface area contributed by atoms with Gasteiger partial charge in [0.25, 0.3) is 16.6 Å². The summed E-state index contributed by atoms with van der Waals surface area (Å²) < 4.78 is 60.3. The van der Waals surface area contributed by atoms with Gasteiger partial charge in [0.1, 0.15) is 35.9 Å². The van der Waals surface area contributed by atoms with Gasteiger partial charge in [0.15, 0.2) is 12.6 Å². The van der Waals surface area contributed by atoms with Gasteiger partial charge in [-0.3, -0.25) is 23.8 Å². The first kappa shape index (κ1) is 82.1. The van der Waals surface area contributed by atoms with Gasteiger partial charge in [-0.1, -0.05) is 82.8 Å². The number of carbonyl (C=O) groups excluding carboxylic acids is 1. The maximum atomic E-state index is 11.6. The number of piperazine rings is 2. The van der Waals surface area contributed by atoms with Gasteiger partial charge in [0.2, 0.25) is 0 Å². The molecule has 510 valence electrons. The number of pyridine rings is 2. The third-order valence-corrected chi connectivity index (χ3v) is 17.2. The van der Waals surface area contributed by atoms with Crippen LogP contribution in [0, 0.1) is 0 Å². The molecular weight excluding hydrogens is 1350 g/mol. The first-order chi connectivity index (χ1) is 44.7. The van der Waals surface area contributed by atoms with Crippen molar-refractivity contribution in [3.63, 3.8) is 0 Å². The van der Waals surface area contributed by atoms with E-state index in [-0.39, 0.29) is 125 Å². The number of rotatable bonds is 24. The number of carbonyl (C=O) groups is 1. The second-order valence-electron chi connectivity index (χ2n) is 22.8.